The van der Waals surface area contributed by atoms with Crippen LogP contribution in [0.25, 0.3) is 16.5 Å². The van der Waals surface area contributed by atoms with E-state index >= 15 is 0 Å². The number of nitrogens with zero attached hydrogens (tertiary/aromatic N) is 3. The number of methoxy groups -OCH3 is 1. The molecule has 1 saturated heterocycles. The fourth-order valence-corrected chi connectivity index (χ4v) is 4.34. The van der Waals surface area contributed by atoms with Crippen molar-refractivity contribution in [2.75, 3.05) is 33.3 Å². The second kappa shape index (κ2) is 10.5. The zero-order valence-electron chi connectivity index (χ0n) is 19.4. The number of amides is 2. The van der Waals surface area contributed by atoms with Crippen LogP contribution < -0.4 is 20.9 Å². The maximum absolute atomic E-state index is 13.1. The van der Waals surface area contributed by atoms with Crippen LogP contribution in [0.2, 0.25) is 0 Å². The highest BCUT2D eigenvalue weighted by Crippen LogP contribution is 2.18. The van der Waals surface area contributed by atoms with E-state index < -0.39 is 5.91 Å². The van der Waals surface area contributed by atoms with E-state index in [2.05, 4.69) is 27.6 Å². The SMILES string of the molecule is CCN1CCC[C@@H]1CNC(=O)CNC(=O)c1nn(-c2ccc(OC)cc2)c(=O)c2ccccc12. The molecule has 0 saturated carbocycles. The van der Waals surface area contributed by atoms with Crippen LogP contribution >= 0.6 is 0 Å². The van der Waals surface area contributed by atoms with Crippen LogP contribution in [0.4, 0.5) is 0 Å². The standard InChI is InChI=1S/C25H29N5O4/c1-3-29-14-6-7-18(29)15-26-22(31)16-27-24(32)23-20-8-4-5-9-21(20)25(33)30(28-23)17-10-12-19(34-2)13-11-17/h4-5,8-13,18H,3,6-7,14-16H2,1-2H3,(H,26,31)(H,27,32)/t18-/m1/s1. The molecular formula is C25H29N5O4. The normalized spacial score (nSPS) is 15.9. The zero-order chi connectivity index (χ0) is 24.1. The zero-order valence-corrected chi connectivity index (χ0v) is 19.4. The molecule has 0 spiro atoms. The first kappa shape index (κ1) is 23.4. The largest absolute Gasteiger partial charge is 0.497 e. The molecule has 4 rings (SSSR count). The molecule has 178 valence electrons. The third-order valence-electron chi connectivity index (χ3n) is 6.19. The summed E-state index contributed by atoms with van der Waals surface area (Å²) in [5.74, 6) is -0.144. The molecule has 9 heteroatoms. The number of nitrogens with one attached hydrogen (secondary N) is 2. The molecule has 3 aromatic rings. The molecule has 2 aromatic carbocycles. The van der Waals surface area contributed by atoms with Gasteiger partial charge in [-0.15, -0.1) is 0 Å². The lowest BCUT2D eigenvalue weighted by molar-refractivity contribution is -0.120. The van der Waals surface area contributed by atoms with Gasteiger partial charge in [-0.3, -0.25) is 19.3 Å². The molecule has 0 radical (unpaired) electrons. The number of ether oxygens (including phenoxy) is 1. The van der Waals surface area contributed by atoms with Gasteiger partial charge in [0.05, 0.1) is 24.7 Å². The monoisotopic (exact) mass is 463 g/mol. The molecule has 9 nitrogen and oxygen atoms in total. The van der Waals surface area contributed by atoms with Crippen LogP contribution in [0, 0.1) is 0 Å². The van der Waals surface area contributed by atoms with Crippen LogP contribution in [0.1, 0.15) is 30.3 Å². The van der Waals surface area contributed by atoms with Crippen molar-refractivity contribution >= 4 is 22.6 Å². The van der Waals surface area contributed by atoms with Gasteiger partial charge in [-0.25, -0.2) is 0 Å². The average Bonchev–Trinajstić information content (AvgIpc) is 3.34. The molecule has 0 aliphatic carbocycles. The molecule has 0 bridgehead atoms. The van der Waals surface area contributed by atoms with Crippen molar-refractivity contribution in [3.63, 3.8) is 0 Å². The fraction of sp³-hybridized carbons (Fsp3) is 0.360. The number of likely N-dealkylation sites (tertiary alicyclic amines) is 1. The lowest BCUT2D eigenvalue weighted by Crippen LogP contribution is -2.44. The quantitative estimate of drug-likeness (QED) is 0.527. The Balaban J connectivity index is 1.52. The molecule has 1 aliphatic rings. The van der Waals surface area contributed by atoms with Crippen LogP contribution in [0.15, 0.2) is 53.3 Å². The second-order valence-corrected chi connectivity index (χ2v) is 8.22. The number of likely N-dealkylation sites (N-methyl/N-ethyl adjacent to an activating group) is 1. The van der Waals surface area contributed by atoms with E-state index in [0.717, 1.165) is 25.9 Å². The third-order valence-corrected chi connectivity index (χ3v) is 6.19. The van der Waals surface area contributed by atoms with Crippen LogP contribution in [-0.2, 0) is 4.79 Å². The van der Waals surface area contributed by atoms with Gasteiger partial charge in [-0.1, -0.05) is 25.1 Å². The Morgan fingerprint density at radius 3 is 2.53 bits per heavy atom. The Morgan fingerprint density at radius 2 is 1.82 bits per heavy atom. The van der Waals surface area contributed by atoms with Gasteiger partial charge < -0.3 is 15.4 Å². The van der Waals surface area contributed by atoms with Gasteiger partial charge in [0.1, 0.15) is 5.75 Å². The lowest BCUT2D eigenvalue weighted by Gasteiger charge is -2.22. The van der Waals surface area contributed by atoms with E-state index in [1.54, 1.807) is 55.6 Å². The molecular weight excluding hydrogens is 434 g/mol. The summed E-state index contributed by atoms with van der Waals surface area (Å²) < 4.78 is 6.36. The summed E-state index contributed by atoms with van der Waals surface area (Å²) in [5.41, 5.74) is 0.235. The molecule has 34 heavy (non-hydrogen) atoms. The minimum absolute atomic E-state index is 0.0757. The summed E-state index contributed by atoms with van der Waals surface area (Å²) in [4.78, 5) is 40.8. The number of carbonyl (C=O) groups excluding carboxylic acids is 2. The number of benzene rings is 2. The summed E-state index contributed by atoms with van der Waals surface area (Å²) in [5, 5.41) is 10.7. The summed E-state index contributed by atoms with van der Waals surface area (Å²) in [6.45, 7) is 4.51. The molecule has 1 atom stereocenters. The van der Waals surface area contributed by atoms with Crippen LogP contribution in [0.3, 0.4) is 0 Å². The van der Waals surface area contributed by atoms with E-state index in [4.69, 9.17) is 4.74 Å². The number of rotatable bonds is 8. The molecule has 2 amide bonds. The van der Waals surface area contributed by atoms with Crippen molar-refractivity contribution in [2.24, 2.45) is 0 Å². The lowest BCUT2D eigenvalue weighted by atomic mass is 10.1. The van der Waals surface area contributed by atoms with Crippen molar-refractivity contribution < 1.29 is 14.3 Å². The molecule has 1 aromatic heterocycles. The summed E-state index contributed by atoms with van der Waals surface area (Å²) in [7, 11) is 1.56. The highest BCUT2D eigenvalue weighted by molar-refractivity contribution is 6.05. The van der Waals surface area contributed by atoms with E-state index in [1.165, 1.54) is 4.68 Å². The van der Waals surface area contributed by atoms with Gasteiger partial charge in [0.2, 0.25) is 5.91 Å². The van der Waals surface area contributed by atoms with E-state index in [1.807, 2.05) is 0 Å². The number of aromatic nitrogens is 2. The molecule has 1 fully saturated rings. The highest BCUT2D eigenvalue weighted by atomic mass is 16.5. The Morgan fingerprint density at radius 1 is 1.09 bits per heavy atom. The average molecular weight is 464 g/mol. The predicted molar refractivity (Wildman–Crippen MR) is 130 cm³/mol. The Hall–Kier alpha value is -3.72. The van der Waals surface area contributed by atoms with E-state index in [9.17, 15) is 14.4 Å². The van der Waals surface area contributed by atoms with Gasteiger partial charge in [0.25, 0.3) is 11.5 Å². The maximum Gasteiger partial charge on any atom is 0.279 e. The molecule has 1 aliphatic heterocycles. The third kappa shape index (κ3) is 4.94. The topological polar surface area (TPSA) is 106 Å². The predicted octanol–water partition coefficient (Wildman–Crippen LogP) is 1.72. The molecule has 2 N–H and O–H groups in total. The summed E-state index contributed by atoms with van der Waals surface area (Å²) in [6.07, 6.45) is 2.19. The van der Waals surface area contributed by atoms with E-state index in [-0.39, 0.29) is 23.7 Å². The van der Waals surface area contributed by atoms with Crippen molar-refractivity contribution in [3.05, 3.63) is 64.6 Å². The maximum atomic E-state index is 13.1. The number of hydrogen-bond donors (Lipinski definition) is 2. The number of fused-ring (bicyclic) bond motifs is 1. The van der Waals surface area contributed by atoms with Gasteiger partial charge in [0, 0.05) is 18.0 Å². The Labute approximate surface area is 197 Å². The van der Waals surface area contributed by atoms with Gasteiger partial charge in [-0.2, -0.15) is 9.78 Å². The molecule has 2 heterocycles. The minimum atomic E-state index is -0.523. The van der Waals surface area contributed by atoms with Gasteiger partial charge in [-0.05, 0) is 56.3 Å². The first-order valence-corrected chi connectivity index (χ1v) is 11.5. The van der Waals surface area contributed by atoms with Crippen LogP contribution in [0.5, 0.6) is 5.75 Å². The summed E-state index contributed by atoms with van der Waals surface area (Å²) in [6, 6.07) is 14.0. The fourth-order valence-electron chi connectivity index (χ4n) is 4.34. The first-order valence-electron chi connectivity index (χ1n) is 11.5. The van der Waals surface area contributed by atoms with Crippen molar-refractivity contribution in [2.45, 2.75) is 25.8 Å². The smallest absolute Gasteiger partial charge is 0.279 e. The number of carbonyl (C=O) groups is 2. The molecule has 0 unspecified atom stereocenters. The highest BCUT2D eigenvalue weighted by Gasteiger charge is 2.23. The number of hydrogen-bond acceptors (Lipinski definition) is 6. The first-order chi connectivity index (χ1) is 16.5. The van der Waals surface area contributed by atoms with Crippen molar-refractivity contribution in [3.8, 4) is 11.4 Å². The second-order valence-electron chi connectivity index (χ2n) is 8.22. The van der Waals surface area contributed by atoms with Gasteiger partial charge in [0.15, 0.2) is 5.69 Å². The van der Waals surface area contributed by atoms with Crippen molar-refractivity contribution in [1.29, 1.82) is 0 Å². The minimum Gasteiger partial charge on any atom is -0.497 e. The Bertz CT molecular complexity index is 1240. The van der Waals surface area contributed by atoms with Gasteiger partial charge >= 0.3 is 0 Å². The van der Waals surface area contributed by atoms with E-state index in [0.29, 0.717) is 34.8 Å². The Kier molecular flexibility index (Phi) is 7.22. The van der Waals surface area contributed by atoms with Crippen LogP contribution in [-0.4, -0.2) is 65.8 Å². The van der Waals surface area contributed by atoms with Crippen molar-refractivity contribution in [1.82, 2.24) is 25.3 Å². The summed E-state index contributed by atoms with van der Waals surface area (Å²) >= 11 is 0.